The average molecular weight is 323 g/mol. The molecule has 2 aromatic carbocycles. The normalized spacial score (nSPS) is 15.8. The van der Waals surface area contributed by atoms with Gasteiger partial charge in [0, 0.05) is 18.5 Å². The van der Waals surface area contributed by atoms with Crippen LogP contribution in [-0.2, 0) is 11.3 Å². The second-order valence-electron chi connectivity index (χ2n) is 5.71. The lowest BCUT2D eigenvalue weighted by Gasteiger charge is -2.35. The maximum absolute atomic E-state index is 12.5. The fourth-order valence-electron chi connectivity index (χ4n) is 3.04. The quantitative estimate of drug-likeness (QED) is 0.787. The van der Waals surface area contributed by atoms with E-state index in [0.29, 0.717) is 13.2 Å². The van der Waals surface area contributed by atoms with E-state index in [1.807, 2.05) is 53.4 Å². The SMILES string of the molecule is C=CC(=O)N(Cc1ccccc1)[C@@H]1CCOc2ccc(OC)cc21. The lowest BCUT2D eigenvalue weighted by Crippen LogP contribution is -2.36. The minimum absolute atomic E-state index is 0.0606. The first-order chi connectivity index (χ1) is 11.7. The molecule has 1 heterocycles. The van der Waals surface area contributed by atoms with Crippen molar-refractivity contribution in [2.24, 2.45) is 0 Å². The number of carbonyl (C=O) groups is 1. The average Bonchev–Trinajstić information content (AvgIpc) is 2.65. The molecule has 1 atom stereocenters. The van der Waals surface area contributed by atoms with Crippen LogP contribution in [0.2, 0.25) is 0 Å². The van der Waals surface area contributed by atoms with E-state index in [2.05, 4.69) is 6.58 Å². The van der Waals surface area contributed by atoms with Gasteiger partial charge in [-0.1, -0.05) is 36.9 Å². The van der Waals surface area contributed by atoms with Crippen LogP contribution in [0.25, 0.3) is 0 Å². The molecule has 1 aliphatic heterocycles. The monoisotopic (exact) mass is 323 g/mol. The van der Waals surface area contributed by atoms with Crippen LogP contribution < -0.4 is 9.47 Å². The molecule has 0 spiro atoms. The van der Waals surface area contributed by atoms with Crippen LogP contribution in [0.15, 0.2) is 61.2 Å². The summed E-state index contributed by atoms with van der Waals surface area (Å²) in [6.07, 6.45) is 2.12. The van der Waals surface area contributed by atoms with Crippen LogP contribution in [0.5, 0.6) is 11.5 Å². The zero-order chi connectivity index (χ0) is 16.9. The Balaban J connectivity index is 1.97. The van der Waals surface area contributed by atoms with Crippen molar-refractivity contribution in [2.75, 3.05) is 13.7 Å². The highest BCUT2D eigenvalue weighted by Crippen LogP contribution is 2.39. The largest absolute Gasteiger partial charge is 0.497 e. The van der Waals surface area contributed by atoms with Crippen LogP contribution in [0, 0.1) is 0 Å². The number of benzene rings is 2. The number of hydrogen-bond donors (Lipinski definition) is 0. The third-order valence-electron chi connectivity index (χ3n) is 4.25. The van der Waals surface area contributed by atoms with Gasteiger partial charge in [0.05, 0.1) is 19.8 Å². The van der Waals surface area contributed by atoms with Crippen LogP contribution in [0.3, 0.4) is 0 Å². The Morgan fingerprint density at radius 2 is 2.12 bits per heavy atom. The van der Waals surface area contributed by atoms with Gasteiger partial charge < -0.3 is 14.4 Å². The van der Waals surface area contributed by atoms with Gasteiger partial charge in [0.1, 0.15) is 11.5 Å². The van der Waals surface area contributed by atoms with Crippen LogP contribution in [-0.4, -0.2) is 24.5 Å². The summed E-state index contributed by atoms with van der Waals surface area (Å²) in [5.41, 5.74) is 2.07. The predicted molar refractivity (Wildman–Crippen MR) is 93.0 cm³/mol. The van der Waals surface area contributed by atoms with Gasteiger partial charge in [-0.3, -0.25) is 4.79 Å². The Hall–Kier alpha value is -2.75. The fourth-order valence-corrected chi connectivity index (χ4v) is 3.04. The van der Waals surface area contributed by atoms with Crippen molar-refractivity contribution in [3.05, 3.63) is 72.3 Å². The van der Waals surface area contributed by atoms with Gasteiger partial charge in [-0.05, 0) is 29.8 Å². The highest BCUT2D eigenvalue weighted by atomic mass is 16.5. The molecule has 0 saturated carbocycles. The standard InChI is InChI=1S/C20H21NO3/c1-3-20(22)21(14-15-7-5-4-6-8-15)18-11-12-24-19-10-9-16(23-2)13-17(18)19/h3-10,13,18H,1,11-12,14H2,2H3/t18-/m1/s1. The zero-order valence-electron chi connectivity index (χ0n) is 13.8. The van der Waals surface area contributed by atoms with Gasteiger partial charge in [-0.15, -0.1) is 0 Å². The minimum atomic E-state index is -0.0838. The maximum atomic E-state index is 12.5. The zero-order valence-corrected chi connectivity index (χ0v) is 13.8. The first-order valence-electron chi connectivity index (χ1n) is 8.00. The van der Waals surface area contributed by atoms with Gasteiger partial charge >= 0.3 is 0 Å². The molecule has 0 bridgehead atoms. The summed E-state index contributed by atoms with van der Waals surface area (Å²) in [4.78, 5) is 14.4. The van der Waals surface area contributed by atoms with Gasteiger partial charge in [0.25, 0.3) is 0 Å². The number of amides is 1. The Labute approximate surface area is 142 Å². The molecule has 1 amide bonds. The van der Waals surface area contributed by atoms with Crippen molar-refractivity contribution in [2.45, 2.75) is 19.0 Å². The van der Waals surface area contributed by atoms with Crippen LogP contribution in [0.4, 0.5) is 0 Å². The number of nitrogens with zero attached hydrogens (tertiary/aromatic N) is 1. The van der Waals surface area contributed by atoms with Crippen LogP contribution >= 0.6 is 0 Å². The van der Waals surface area contributed by atoms with Crippen LogP contribution in [0.1, 0.15) is 23.6 Å². The third-order valence-corrected chi connectivity index (χ3v) is 4.25. The summed E-state index contributed by atoms with van der Waals surface area (Å²) in [5, 5.41) is 0. The van der Waals surface area contributed by atoms with E-state index in [1.54, 1.807) is 7.11 Å². The molecule has 0 aromatic heterocycles. The second-order valence-corrected chi connectivity index (χ2v) is 5.71. The minimum Gasteiger partial charge on any atom is -0.497 e. The van der Waals surface area contributed by atoms with Crippen molar-refractivity contribution >= 4 is 5.91 Å². The van der Waals surface area contributed by atoms with Gasteiger partial charge in [0.15, 0.2) is 0 Å². The maximum Gasteiger partial charge on any atom is 0.246 e. The molecule has 0 N–H and O–H groups in total. The Morgan fingerprint density at radius 1 is 1.33 bits per heavy atom. The first kappa shape index (κ1) is 16.1. The second kappa shape index (κ2) is 7.21. The number of methoxy groups -OCH3 is 1. The molecular formula is C20H21NO3. The van der Waals surface area contributed by atoms with E-state index in [-0.39, 0.29) is 11.9 Å². The first-order valence-corrected chi connectivity index (χ1v) is 8.00. The summed E-state index contributed by atoms with van der Waals surface area (Å²) in [6, 6.07) is 15.6. The molecule has 4 heteroatoms. The summed E-state index contributed by atoms with van der Waals surface area (Å²) in [6.45, 7) is 4.78. The molecule has 3 rings (SSSR count). The van der Waals surface area contributed by atoms with Crippen molar-refractivity contribution in [1.82, 2.24) is 4.90 Å². The van der Waals surface area contributed by atoms with E-state index >= 15 is 0 Å². The molecule has 0 radical (unpaired) electrons. The fraction of sp³-hybridized carbons (Fsp3) is 0.250. The smallest absolute Gasteiger partial charge is 0.246 e. The Kier molecular flexibility index (Phi) is 4.85. The number of carbonyl (C=O) groups excluding carboxylic acids is 1. The Morgan fingerprint density at radius 3 is 2.83 bits per heavy atom. The summed E-state index contributed by atoms with van der Waals surface area (Å²) in [5.74, 6) is 1.48. The van der Waals surface area contributed by atoms with E-state index in [1.165, 1.54) is 6.08 Å². The third kappa shape index (κ3) is 3.27. The summed E-state index contributed by atoms with van der Waals surface area (Å²) in [7, 11) is 1.64. The van der Waals surface area contributed by atoms with E-state index in [0.717, 1.165) is 29.0 Å². The molecule has 124 valence electrons. The number of rotatable bonds is 5. The molecular weight excluding hydrogens is 302 g/mol. The van der Waals surface area contributed by atoms with Crippen molar-refractivity contribution in [3.8, 4) is 11.5 Å². The molecule has 24 heavy (non-hydrogen) atoms. The number of fused-ring (bicyclic) bond motifs is 1. The lowest BCUT2D eigenvalue weighted by atomic mass is 9.97. The van der Waals surface area contributed by atoms with E-state index < -0.39 is 0 Å². The molecule has 4 nitrogen and oxygen atoms in total. The molecule has 2 aromatic rings. The topological polar surface area (TPSA) is 38.8 Å². The van der Waals surface area contributed by atoms with E-state index in [4.69, 9.17) is 9.47 Å². The van der Waals surface area contributed by atoms with E-state index in [9.17, 15) is 4.79 Å². The van der Waals surface area contributed by atoms with Crippen molar-refractivity contribution in [3.63, 3.8) is 0 Å². The lowest BCUT2D eigenvalue weighted by molar-refractivity contribution is -0.129. The van der Waals surface area contributed by atoms with Gasteiger partial charge in [0.2, 0.25) is 5.91 Å². The summed E-state index contributed by atoms with van der Waals surface area (Å²) >= 11 is 0. The predicted octanol–water partition coefficient (Wildman–Crippen LogP) is 3.73. The highest BCUT2D eigenvalue weighted by Gasteiger charge is 2.29. The van der Waals surface area contributed by atoms with Crippen molar-refractivity contribution in [1.29, 1.82) is 0 Å². The molecule has 0 fully saturated rings. The molecule has 0 unspecified atom stereocenters. The van der Waals surface area contributed by atoms with Gasteiger partial charge in [-0.2, -0.15) is 0 Å². The highest BCUT2D eigenvalue weighted by molar-refractivity contribution is 5.87. The Bertz CT molecular complexity index is 727. The summed E-state index contributed by atoms with van der Waals surface area (Å²) < 4.78 is 11.1. The molecule has 0 aliphatic carbocycles. The molecule has 0 saturated heterocycles. The molecule has 1 aliphatic rings. The number of ether oxygens (including phenoxy) is 2. The van der Waals surface area contributed by atoms with Gasteiger partial charge in [-0.25, -0.2) is 0 Å². The number of hydrogen-bond acceptors (Lipinski definition) is 3. The van der Waals surface area contributed by atoms with Crippen molar-refractivity contribution < 1.29 is 14.3 Å².